The van der Waals surface area contributed by atoms with Crippen molar-refractivity contribution >= 4 is 11.3 Å². The van der Waals surface area contributed by atoms with E-state index in [0.717, 1.165) is 28.0 Å². The van der Waals surface area contributed by atoms with E-state index in [0.29, 0.717) is 0 Å². The van der Waals surface area contributed by atoms with Crippen LogP contribution >= 0.6 is 0 Å². The summed E-state index contributed by atoms with van der Waals surface area (Å²) in [4.78, 5) is 7.49. The lowest BCUT2D eigenvalue weighted by Crippen LogP contribution is -2.52. The van der Waals surface area contributed by atoms with E-state index in [1.165, 1.54) is 5.57 Å². The monoisotopic (exact) mass is 416 g/mol. The van der Waals surface area contributed by atoms with Gasteiger partial charge in [-0.2, -0.15) is 0 Å². The highest BCUT2D eigenvalue weighted by Crippen LogP contribution is 2.52. The van der Waals surface area contributed by atoms with Crippen molar-refractivity contribution in [3.63, 3.8) is 0 Å². The fourth-order valence-electron chi connectivity index (χ4n) is 4.90. The molecule has 3 heterocycles. The quantitative estimate of drug-likeness (QED) is 0.512. The first-order chi connectivity index (χ1) is 15.8. The molecule has 3 atom stereocenters. The third kappa shape index (κ3) is 2.89. The molecule has 0 aromatic heterocycles. The van der Waals surface area contributed by atoms with Crippen LogP contribution in [0, 0.1) is 0 Å². The van der Waals surface area contributed by atoms with Crippen molar-refractivity contribution in [1.82, 2.24) is 4.90 Å². The van der Waals surface area contributed by atoms with E-state index in [9.17, 15) is 0 Å². The minimum atomic E-state index is -0.804. The Kier molecular flexibility index (Phi) is 4.44. The van der Waals surface area contributed by atoms with Crippen LogP contribution < -0.4 is 0 Å². The second-order valence-electron chi connectivity index (χ2n) is 8.43. The zero-order valence-corrected chi connectivity index (χ0v) is 17.9. The van der Waals surface area contributed by atoms with Gasteiger partial charge in [0.05, 0.1) is 0 Å². The van der Waals surface area contributed by atoms with Gasteiger partial charge in [-0.1, -0.05) is 91.0 Å². The molecule has 6 rings (SSSR count). The van der Waals surface area contributed by atoms with E-state index >= 15 is 0 Å². The number of ether oxygens (including phenoxy) is 1. The van der Waals surface area contributed by atoms with Crippen molar-refractivity contribution in [1.29, 1.82) is 0 Å². The Balaban J connectivity index is 1.58. The first kappa shape index (κ1) is 19.0. The molecule has 0 bridgehead atoms. The summed E-state index contributed by atoms with van der Waals surface area (Å²) in [5.74, 6) is 0. The molecule has 0 fully saturated rings. The van der Waals surface area contributed by atoms with Crippen LogP contribution in [-0.4, -0.2) is 22.5 Å². The van der Waals surface area contributed by atoms with Crippen molar-refractivity contribution in [2.24, 2.45) is 4.99 Å². The maximum Gasteiger partial charge on any atom is 0.214 e. The highest BCUT2D eigenvalue weighted by atomic mass is 16.5. The Bertz CT molecular complexity index is 1260. The highest BCUT2D eigenvalue weighted by Gasteiger charge is 2.57. The zero-order valence-electron chi connectivity index (χ0n) is 17.9. The van der Waals surface area contributed by atoms with Crippen LogP contribution in [0.3, 0.4) is 0 Å². The molecule has 3 aromatic carbocycles. The van der Waals surface area contributed by atoms with Gasteiger partial charge >= 0.3 is 0 Å². The standard InChI is InChI=1S/C29H24N2O/c1-21-17-18-31-27(19-21)30-28(24-15-9-4-10-16-24)29(31)25(22-11-5-2-6-12-22)20-26(32-29)23-13-7-3-8-14-23/h2-20,26-27H,1H3. The van der Waals surface area contributed by atoms with E-state index in [2.05, 4.69) is 115 Å². The molecule has 0 aliphatic carbocycles. The topological polar surface area (TPSA) is 24.8 Å². The fourth-order valence-corrected chi connectivity index (χ4v) is 4.90. The minimum absolute atomic E-state index is 0.100. The lowest BCUT2D eigenvalue weighted by molar-refractivity contribution is -0.0552. The third-order valence-corrected chi connectivity index (χ3v) is 6.38. The lowest BCUT2D eigenvalue weighted by atomic mass is 9.88. The predicted octanol–water partition coefficient (Wildman–Crippen LogP) is 6.14. The van der Waals surface area contributed by atoms with Crippen molar-refractivity contribution < 1.29 is 4.74 Å². The molecule has 0 saturated carbocycles. The molecule has 156 valence electrons. The molecule has 3 aromatic rings. The van der Waals surface area contributed by atoms with E-state index in [-0.39, 0.29) is 12.3 Å². The largest absolute Gasteiger partial charge is 0.333 e. The summed E-state index contributed by atoms with van der Waals surface area (Å²) in [7, 11) is 0. The SMILES string of the molecule is CC1=CC2N=C(c3ccccc3)C3(OC(c4ccccc4)C=C3c3ccccc3)N2C=C1. The summed E-state index contributed by atoms with van der Waals surface area (Å²) in [5, 5.41) is 0. The normalized spacial score (nSPS) is 26.0. The summed E-state index contributed by atoms with van der Waals surface area (Å²) in [6.45, 7) is 2.12. The predicted molar refractivity (Wildman–Crippen MR) is 129 cm³/mol. The summed E-state index contributed by atoms with van der Waals surface area (Å²) in [5.41, 5.74) is 5.86. The number of hydrogen-bond donors (Lipinski definition) is 0. The van der Waals surface area contributed by atoms with Crippen LogP contribution in [-0.2, 0) is 4.74 Å². The molecule has 0 amide bonds. The second-order valence-corrected chi connectivity index (χ2v) is 8.43. The molecular weight excluding hydrogens is 392 g/mol. The van der Waals surface area contributed by atoms with Crippen LogP contribution in [0.1, 0.15) is 29.7 Å². The van der Waals surface area contributed by atoms with Crippen molar-refractivity contribution in [2.45, 2.75) is 24.9 Å². The average Bonchev–Trinajstić information content (AvgIpc) is 3.40. The fraction of sp³-hybridized carbons (Fsp3) is 0.138. The number of allylic oxidation sites excluding steroid dienone is 2. The first-order valence-electron chi connectivity index (χ1n) is 11.0. The molecule has 3 unspecified atom stereocenters. The van der Waals surface area contributed by atoms with Crippen molar-refractivity contribution in [3.05, 3.63) is 138 Å². The van der Waals surface area contributed by atoms with Crippen LogP contribution in [0.5, 0.6) is 0 Å². The number of rotatable bonds is 3. The van der Waals surface area contributed by atoms with Gasteiger partial charge in [0.15, 0.2) is 0 Å². The van der Waals surface area contributed by atoms with Gasteiger partial charge < -0.3 is 9.64 Å². The number of nitrogens with zero attached hydrogens (tertiary/aromatic N) is 2. The summed E-state index contributed by atoms with van der Waals surface area (Å²) < 4.78 is 7.06. The molecular formula is C29H24N2O. The maximum absolute atomic E-state index is 7.06. The summed E-state index contributed by atoms with van der Waals surface area (Å²) in [6.07, 6.45) is 8.49. The summed E-state index contributed by atoms with van der Waals surface area (Å²) >= 11 is 0. The molecule has 0 saturated heterocycles. The maximum atomic E-state index is 7.06. The Morgan fingerprint density at radius 1 is 0.781 bits per heavy atom. The van der Waals surface area contributed by atoms with Crippen LogP contribution in [0.25, 0.3) is 5.57 Å². The van der Waals surface area contributed by atoms with Gasteiger partial charge in [0, 0.05) is 17.3 Å². The second kappa shape index (κ2) is 7.47. The van der Waals surface area contributed by atoms with Crippen LogP contribution in [0.4, 0.5) is 0 Å². The van der Waals surface area contributed by atoms with Crippen molar-refractivity contribution in [2.75, 3.05) is 0 Å². The van der Waals surface area contributed by atoms with Crippen LogP contribution in [0.15, 0.2) is 126 Å². The molecule has 3 aliphatic heterocycles. The Morgan fingerprint density at radius 3 is 2.09 bits per heavy atom. The molecule has 0 N–H and O–H groups in total. The van der Waals surface area contributed by atoms with Gasteiger partial charge in [0.25, 0.3) is 0 Å². The Morgan fingerprint density at radius 2 is 1.41 bits per heavy atom. The number of benzene rings is 3. The van der Waals surface area contributed by atoms with Crippen molar-refractivity contribution in [3.8, 4) is 0 Å². The van der Waals surface area contributed by atoms with Gasteiger partial charge in [-0.05, 0) is 41.9 Å². The van der Waals surface area contributed by atoms with Gasteiger partial charge in [0.2, 0.25) is 5.72 Å². The van der Waals surface area contributed by atoms with E-state index in [4.69, 9.17) is 9.73 Å². The third-order valence-electron chi connectivity index (χ3n) is 6.38. The molecule has 1 spiro atoms. The van der Waals surface area contributed by atoms with E-state index in [1.54, 1.807) is 0 Å². The van der Waals surface area contributed by atoms with Gasteiger partial charge in [-0.3, -0.25) is 4.99 Å². The van der Waals surface area contributed by atoms with E-state index in [1.807, 2.05) is 12.1 Å². The highest BCUT2D eigenvalue weighted by molar-refractivity contribution is 6.16. The Labute approximate surface area is 188 Å². The first-order valence-corrected chi connectivity index (χ1v) is 11.0. The zero-order chi connectivity index (χ0) is 21.5. The summed E-state index contributed by atoms with van der Waals surface area (Å²) in [6, 6.07) is 31.4. The van der Waals surface area contributed by atoms with E-state index < -0.39 is 5.72 Å². The van der Waals surface area contributed by atoms with Gasteiger partial charge in [-0.15, -0.1) is 0 Å². The smallest absolute Gasteiger partial charge is 0.214 e. The average molecular weight is 417 g/mol. The number of aliphatic imine (C=N–C) groups is 1. The molecule has 0 radical (unpaired) electrons. The molecule has 3 heteroatoms. The molecule has 32 heavy (non-hydrogen) atoms. The van der Waals surface area contributed by atoms with Gasteiger partial charge in [0.1, 0.15) is 18.0 Å². The minimum Gasteiger partial charge on any atom is -0.333 e. The Hall–Kier alpha value is -3.69. The van der Waals surface area contributed by atoms with Crippen LogP contribution in [0.2, 0.25) is 0 Å². The lowest BCUT2D eigenvalue weighted by Gasteiger charge is -2.40. The van der Waals surface area contributed by atoms with Gasteiger partial charge in [-0.25, -0.2) is 0 Å². The number of hydrogen-bond acceptors (Lipinski definition) is 3. The number of fused-ring (bicyclic) bond motifs is 2. The molecule has 3 aliphatic rings. The molecule has 3 nitrogen and oxygen atoms in total.